The van der Waals surface area contributed by atoms with Crippen molar-refractivity contribution in [2.75, 3.05) is 17.7 Å². The van der Waals surface area contributed by atoms with E-state index in [1.54, 1.807) is 6.07 Å². The van der Waals surface area contributed by atoms with Crippen LogP contribution in [-0.4, -0.2) is 13.1 Å². The molecular formula is C15H22BrFN2. The number of benzene rings is 1. The van der Waals surface area contributed by atoms with Crippen molar-refractivity contribution in [1.29, 1.82) is 0 Å². The lowest BCUT2D eigenvalue weighted by atomic mass is 9.75. The first-order valence-electron chi connectivity index (χ1n) is 6.77. The minimum Gasteiger partial charge on any atom is -0.397 e. The van der Waals surface area contributed by atoms with Gasteiger partial charge in [0, 0.05) is 19.2 Å². The third-order valence-corrected chi connectivity index (χ3v) is 4.91. The maximum Gasteiger partial charge on any atom is 0.139 e. The van der Waals surface area contributed by atoms with Gasteiger partial charge < -0.3 is 10.6 Å². The van der Waals surface area contributed by atoms with Crippen LogP contribution in [0.5, 0.6) is 0 Å². The lowest BCUT2D eigenvalue weighted by Crippen LogP contribution is -2.37. The topological polar surface area (TPSA) is 29.3 Å². The fraction of sp³-hybridized carbons (Fsp3) is 0.600. The van der Waals surface area contributed by atoms with E-state index in [2.05, 4.69) is 41.7 Å². The molecule has 1 aromatic rings. The minimum atomic E-state index is -0.306. The molecule has 1 fully saturated rings. The molecular weight excluding hydrogens is 307 g/mol. The molecule has 0 aromatic heterocycles. The molecule has 1 aliphatic carbocycles. The average Bonchev–Trinajstić information content (AvgIpc) is 2.33. The molecule has 2 rings (SSSR count). The lowest BCUT2D eigenvalue weighted by molar-refractivity contribution is 0.222. The first-order chi connectivity index (χ1) is 8.80. The van der Waals surface area contributed by atoms with Gasteiger partial charge in [0.15, 0.2) is 0 Å². The number of hydrogen-bond acceptors (Lipinski definition) is 2. The third kappa shape index (κ3) is 3.22. The van der Waals surface area contributed by atoms with Gasteiger partial charge in [0.1, 0.15) is 5.82 Å². The van der Waals surface area contributed by atoms with Gasteiger partial charge in [-0.25, -0.2) is 4.39 Å². The maximum atomic E-state index is 13.4. The molecule has 0 atom stereocenters. The molecule has 0 radical (unpaired) electrons. The van der Waals surface area contributed by atoms with E-state index >= 15 is 0 Å². The Bertz CT molecular complexity index is 463. The molecule has 2 N–H and O–H groups in total. The summed E-state index contributed by atoms with van der Waals surface area (Å²) in [5, 5.41) is 0. The lowest BCUT2D eigenvalue weighted by Gasteiger charge is -2.40. The Kier molecular flexibility index (Phi) is 4.09. The van der Waals surface area contributed by atoms with Gasteiger partial charge in [-0.05, 0) is 53.1 Å². The maximum absolute atomic E-state index is 13.4. The highest BCUT2D eigenvalue weighted by Crippen LogP contribution is 2.39. The van der Waals surface area contributed by atoms with Crippen LogP contribution in [0.1, 0.15) is 39.5 Å². The molecule has 0 saturated heterocycles. The molecule has 0 bridgehead atoms. The Balaban J connectivity index is 2.16. The fourth-order valence-corrected chi connectivity index (χ4v) is 3.16. The average molecular weight is 329 g/mol. The van der Waals surface area contributed by atoms with Crippen LogP contribution in [0, 0.1) is 11.2 Å². The zero-order chi connectivity index (χ0) is 14.2. The Morgan fingerprint density at radius 2 is 1.89 bits per heavy atom. The second kappa shape index (κ2) is 5.31. The van der Waals surface area contributed by atoms with E-state index in [1.165, 1.54) is 18.9 Å². The zero-order valence-corrected chi connectivity index (χ0v) is 13.4. The van der Waals surface area contributed by atoms with Crippen LogP contribution in [0.25, 0.3) is 0 Å². The van der Waals surface area contributed by atoms with E-state index in [4.69, 9.17) is 5.73 Å². The van der Waals surface area contributed by atoms with Gasteiger partial charge in [0.25, 0.3) is 0 Å². The molecule has 0 aliphatic heterocycles. The number of nitrogens with zero attached hydrogens (tertiary/aromatic N) is 1. The summed E-state index contributed by atoms with van der Waals surface area (Å²) in [7, 11) is 2.05. The molecule has 2 nitrogen and oxygen atoms in total. The predicted molar refractivity (Wildman–Crippen MR) is 83.0 cm³/mol. The standard InChI is InChI=1S/C15H22BrFN2/c1-15(2)6-4-10(5-7-15)19(3)14-8-11(16)12(17)9-13(14)18/h8-10H,4-7,18H2,1-3H3. The highest BCUT2D eigenvalue weighted by atomic mass is 79.9. The van der Waals surface area contributed by atoms with Crippen LogP contribution in [0.2, 0.25) is 0 Å². The van der Waals surface area contributed by atoms with E-state index in [9.17, 15) is 4.39 Å². The van der Waals surface area contributed by atoms with Crippen molar-refractivity contribution in [3.05, 3.63) is 22.4 Å². The van der Waals surface area contributed by atoms with Gasteiger partial charge in [-0.1, -0.05) is 13.8 Å². The summed E-state index contributed by atoms with van der Waals surface area (Å²) >= 11 is 3.23. The molecule has 4 heteroatoms. The van der Waals surface area contributed by atoms with Crippen molar-refractivity contribution in [2.45, 2.75) is 45.6 Å². The van der Waals surface area contributed by atoms with Crippen molar-refractivity contribution in [1.82, 2.24) is 0 Å². The molecule has 0 unspecified atom stereocenters. The Morgan fingerprint density at radius 1 is 1.32 bits per heavy atom. The molecule has 19 heavy (non-hydrogen) atoms. The number of rotatable bonds is 2. The van der Waals surface area contributed by atoms with Crippen LogP contribution in [0.3, 0.4) is 0 Å². The Morgan fingerprint density at radius 3 is 2.47 bits per heavy atom. The van der Waals surface area contributed by atoms with Crippen molar-refractivity contribution in [3.8, 4) is 0 Å². The van der Waals surface area contributed by atoms with E-state index in [0.29, 0.717) is 21.6 Å². The molecule has 1 aromatic carbocycles. The number of nitrogen functional groups attached to an aromatic ring is 1. The normalized spacial score (nSPS) is 19.4. The smallest absolute Gasteiger partial charge is 0.139 e. The first kappa shape index (κ1) is 14.6. The molecule has 106 valence electrons. The van der Waals surface area contributed by atoms with Crippen molar-refractivity contribution >= 4 is 27.3 Å². The van der Waals surface area contributed by atoms with Crippen molar-refractivity contribution < 1.29 is 4.39 Å². The van der Waals surface area contributed by atoms with Crippen LogP contribution < -0.4 is 10.6 Å². The van der Waals surface area contributed by atoms with Gasteiger partial charge >= 0.3 is 0 Å². The summed E-state index contributed by atoms with van der Waals surface area (Å²) in [5.41, 5.74) is 7.82. The predicted octanol–water partition coefficient (Wildman–Crippen LogP) is 4.58. The molecule has 0 heterocycles. The van der Waals surface area contributed by atoms with Gasteiger partial charge in [-0.2, -0.15) is 0 Å². The largest absolute Gasteiger partial charge is 0.397 e. The van der Waals surface area contributed by atoms with Crippen LogP contribution in [0.4, 0.5) is 15.8 Å². The van der Waals surface area contributed by atoms with Crippen LogP contribution >= 0.6 is 15.9 Å². The summed E-state index contributed by atoms with van der Waals surface area (Å²) < 4.78 is 13.9. The SMILES string of the molecule is CN(c1cc(Br)c(F)cc1N)C1CCC(C)(C)CC1. The number of anilines is 2. The summed E-state index contributed by atoms with van der Waals surface area (Å²) in [6.07, 6.45) is 4.78. The summed E-state index contributed by atoms with van der Waals surface area (Å²) in [6.45, 7) is 4.65. The summed E-state index contributed by atoms with van der Waals surface area (Å²) in [4.78, 5) is 2.20. The quantitative estimate of drug-likeness (QED) is 0.805. The zero-order valence-electron chi connectivity index (χ0n) is 11.8. The van der Waals surface area contributed by atoms with E-state index < -0.39 is 0 Å². The Labute approximate surface area is 123 Å². The van der Waals surface area contributed by atoms with E-state index in [1.807, 2.05) is 0 Å². The number of nitrogens with two attached hydrogens (primary N) is 1. The monoisotopic (exact) mass is 328 g/mol. The van der Waals surface area contributed by atoms with Crippen LogP contribution in [0.15, 0.2) is 16.6 Å². The number of hydrogen-bond donors (Lipinski definition) is 1. The highest BCUT2D eigenvalue weighted by Gasteiger charge is 2.29. The molecule has 1 saturated carbocycles. The Hall–Kier alpha value is -0.770. The molecule has 1 aliphatic rings. The highest BCUT2D eigenvalue weighted by molar-refractivity contribution is 9.10. The second-order valence-corrected chi connectivity index (χ2v) is 7.19. The summed E-state index contributed by atoms with van der Waals surface area (Å²) in [5.74, 6) is -0.306. The van der Waals surface area contributed by atoms with Crippen LogP contribution in [-0.2, 0) is 0 Å². The van der Waals surface area contributed by atoms with E-state index in [0.717, 1.165) is 18.5 Å². The summed E-state index contributed by atoms with van der Waals surface area (Å²) in [6, 6.07) is 3.67. The van der Waals surface area contributed by atoms with Gasteiger partial charge in [-0.3, -0.25) is 0 Å². The minimum absolute atomic E-state index is 0.306. The fourth-order valence-electron chi connectivity index (χ4n) is 2.83. The van der Waals surface area contributed by atoms with Gasteiger partial charge in [0.2, 0.25) is 0 Å². The second-order valence-electron chi connectivity index (χ2n) is 6.33. The molecule has 0 spiro atoms. The third-order valence-electron chi connectivity index (χ3n) is 4.31. The van der Waals surface area contributed by atoms with Crippen molar-refractivity contribution in [2.24, 2.45) is 5.41 Å². The molecule has 0 amide bonds. The van der Waals surface area contributed by atoms with E-state index in [-0.39, 0.29) is 5.82 Å². The first-order valence-corrected chi connectivity index (χ1v) is 7.57. The van der Waals surface area contributed by atoms with Gasteiger partial charge in [0.05, 0.1) is 15.8 Å². The van der Waals surface area contributed by atoms with Gasteiger partial charge in [-0.15, -0.1) is 0 Å². The van der Waals surface area contributed by atoms with Crippen molar-refractivity contribution in [3.63, 3.8) is 0 Å². The number of halogens is 2.